The van der Waals surface area contributed by atoms with Gasteiger partial charge in [0.1, 0.15) is 0 Å². The molecular weight excluding hydrogens is 288 g/mol. The Morgan fingerprint density at radius 1 is 1.24 bits per heavy atom. The number of nitrogens with one attached hydrogen (secondary N) is 1. The lowest BCUT2D eigenvalue weighted by Gasteiger charge is -2.30. The smallest absolute Gasteiger partial charge is 0.243 e. The first kappa shape index (κ1) is 16.0. The maximum Gasteiger partial charge on any atom is 0.243 e. The Morgan fingerprint density at radius 2 is 1.86 bits per heavy atom. The summed E-state index contributed by atoms with van der Waals surface area (Å²) >= 11 is 0. The van der Waals surface area contributed by atoms with Crippen molar-refractivity contribution in [1.29, 1.82) is 0 Å². The van der Waals surface area contributed by atoms with E-state index in [2.05, 4.69) is 5.32 Å². The predicted molar refractivity (Wildman–Crippen MR) is 81.5 cm³/mol. The second-order valence-corrected chi connectivity index (χ2v) is 7.47. The molecule has 1 saturated heterocycles. The summed E-state index contributed by atoms with van der Waals surface area (Å²) < 4.78 is 27.0. The molecular formula is C15H22N2O3S. The van der Waals surface area contributed by atoms with Gasteiger partial charge >= 0.3 is 0 Å². The van der Waals surface area contributed by atoms with E-state index in [1.807, 2.05) is 26.0 Å². The van der Waals surface area contributed by atoms with Crippen LogP contribution in [0.4, 0.5) is 0 Å². The van der Waals surface area contributed by atoms with Crippen molar-refractivity contribution in [3.63, 3.8) is 0 Å². The van der Waals surface area contributed by atoms with E-state index in [0.29, 0.717) is 30.8 Å². The van der Waals surface area contributed by atoms with E-state index in [-0.39, 0.29) is 11.8 Å². The number of hydrogen-bond donors (Lipinski definition) is 1. The fourth-order valence-electron chi connectivity index (χ4n) is 2.69. The van der Waals surface area contributed by atoms with Crippen LogP contribution in [-0.4, -0.2) is 38.8 Å². The molecule has 5 nitrogen and oxygen atoms in total. The Morgan fingerprint density at radius 3 is 2.43 bits per heavy atom. The van der Waals surface area contributed by atoms with Gasteiger partial charge in [-0.15, -0.1) is 0 Å². The zero-order valence-electron chi connectivity index (χ0n) is 12.7. The first-order valence-electron chi connectivity index (χ1n) is 7.15. The van der Waals surface area contributed by atoms with Crippen molar-refractivity contribution in [2.45, 2.75) is 31.6 Å². The number of hydrogen-bond acceptors (Lipinski definition) is 3. The summed E-state index contributed by atoms with van der Waals surface area (Å²) in [6, 6.07) is 5.46. The number of sulfonamides is 1. The molecule has 1 aromatic rings. The minimum Gasteiger partial charge on any atom is -0.359 e. The van der Waals surface area contributed by atoms with Crippen LogP contribution in [0.25, 0.3) is 0 Å². The van der Waals surface area contributed by atoms with Crippen molar-refractivity contribution in [3.8, 4) is 0 Å². The van der Waals surface area contributed by atoms with Crippen LogP contribution in [0.3, 0.4) is 0 Å². The number of nitrogens with zero attached hydrogens (tertiary/aromatic N) is 1. The Kier molecular flexibility index (Phi) is 4.68. The van der Waals surface area contributed by atoms with Gasteiger partial charge in [0, 0.05) is 26.1 Å². The zero-order valence-corrected chi connectivity index (χ0v) is 13.5. The average Bonchev–Trinajstić information content (AvgIpc) is 2.49. The molecule has 1 N–H and O–H groups in total. The van der Waals surface area contributed by atoms with Crippen LogP contribution >= 0.6 is 0 Å². The highest BCUT2D eigenvalue weighted by atomic mass is 32.2. The van der Waals surface area contributed by atoms with Crippen LogP contribution in [0.2, 0.25) is 0 Å². The van der Waals surface area contributed by atoms with Gasteiger partial charge < -0.3 is 5.32 Å². The topological polar surface area (TPSA) is 66.5 Å². The van der Waals surface area contributed by atoms with E-state index in [0.717, 1.165) is 11.1 Å². The highest BCUT2D eigenvalue weighted by molar-refractivity contribution is 7.89. The second-order valence-electron chi connectivity index (χ2n) is 5.56. The maximum absolute atomic E-state index is 12.7. The number of benzene rings is 1. The van der Waals surface area contributed by atoms with Gasteiger partial charge in [-0.3, -0.25) is 4.79 Å². The first-order chi connectivity index (χ1) is 9.86. The van der Waals surface area contributed by atoms with Crippen LogP contribution < -0.4 is 5.32 Å². The van der Waals surface area contributed by atoms with Gasteiger partial charge in [-0.2, -0.15) is 4.31 Å². The summed E-state index contributed by atoms with van der Waals surface area (Å²) in [5.41, 5.74) is 1.69. The van der Waals surface area contributed by atoms with Crippen molar-refractivity contribution < 1.29 is 13.2 Å². The third-order valence-electron chi connectivity index (χ3n) is 4.03. The van der Waals surface area contributed by atoms with Crippen LogP contribution in [0.1, 0.15) is 24.0 Å². The van der Waals surface area contributed by atoms with Crippen molar-refractivity contribution >= 4 is 15.9 Å². The number of piperidine rings is 1. The maximum atomic E-state index is 12.7. The lowest BCUT2D eigenvalue weighted by atomic mass is 9.97. The minimum absolute atomic E-state index is 0.00113. The predicted octanol–water partition coefficient (Wildman–Crippen LogP) is 1.45. The Balaban J connectivity index is 2.19. The standard InChI is InChI=1S/C15H22N2O3S/c1-11-4-5-12(2)14(10-11)21(19,20)17-8-6-13(7-9-17)15(18)16-3/h4-5,10,13H,6-9H2,1-3H3,(H,16,18). The molecule has 1 fully saturated rings. The summed E-state index contributed by atoms with van der Waals surface area (Å²) in [7, 11) is -1.86. The molecule has 116 valence electrons. The van der Waals surface area contributed by atoms with E-state index < -0.39 is 10.0 Å². The van der Waals surface area contributed by atoms with Gasteiger partial charge in [0.15, 0.2) is 0 Å². The van der Waals surface area contributed by atoms with E-state index in [1.54, 1.807) is 13.1 Å². The summed E-state index contributed by atoms with van der Waals surface area (Å²) in [6.07, 6.45) is 1.15. The molecule has 0 aromatic heterocycles. The van der Waals surface area contributed by atoms with Crippen LogP contribution in [0, 0.1) is 19.8 Å². The SMILES string of the molecule is CNC(=O)C1CCN(S(=O)(=O)c2cc(C)ccc2C)CC1. The van der Waals surface area contributed by atoms with Crippen molar-refractivity contribution in [1.82, 2.24) is 9.62 Å². The van der Waals surface area contributed by atoms with Crippen LogP contribution in [0.15, 0.2) is 23.1 Å². The molecule has 1 amide bonds. The molecule has 0 unspecified atom stereocenters. The van der Waals surface area contributed by atoms with Gasteiger partial charge in [0.2, 0.25) is 15.9 Å². The lowest BCUT2D eigenvalue weighted by molar-refractivity contribution is -0.125. The van der Waals surface area contributed by atoms with Crippen LogP contribution in [0.5, 0.6) is 0 Å². The zero-order chi connectivity index (χ0) is 15.6. The van der Waals surface area contributed by atoms with E-state index >= 15 is 0 Å². The summed E-state index contributed by atoms with van der Waals surface area (Å²) in [5.74, 6) is -0.0844. The molecule has 1 aliphatic rings. The van der Waals surface area contributed by atoms with E-state index in [1.165, 1.54) is 4.31 Å². The number of rotatable bonds is 3. The second kappa shape index (κ2) is 6.15. The number of amides is 1. The van der Waals surface area contributed by atoms with Gasteiger partial charge in [-0.05, 0) is 43.9 Å². The van der Waals surface area contributed by atoms with E-state index in [4.69, 9.17) is 0 Å². The summed E-state index contributed by atoms with van der Waals surface area (Å²) in [5, 5.41) is 2.63. The van der Waals surface area contributed by atoms with Crippen molar-refractivity contribution in [2.75, 3.05) is 20.1 Å². The quantitative estimate of drug-likeness (QED) is 0.919. The monoisotopic (exact) mass is 310 g/mol. The molecule has 0 spiro atoms. The third kappa shape index (κ3) is 3.27. The molecule has 0 saturated carbocycles. The third-order valence-corrected chi connectivity index (χ3v) is 6.07. The highest BCUT2D eigenvalue weighted by Crippen LogP contribution is 2.26. The van der Waals surface area contributed by atoms with Gasteiger partial charge in [-0.25, -0.2) is 8.42 Å². The van der Waals surface area contributed by atoms with Gasteiger partial charge in [0.25, 0.3) is 0 Å². The fourth-order valence-corrected chi connectivity index (χ4v) is 4.47. The molecule has 21 heavy (non-hydrogen) atoms. The molecule has 1 aromatic carbocycles. The number of carbonyl (C=O) groups is 1. The molecule has 0 aliphatic carbocycles. The highest BCUT2D eigenvalue weighted by Gasteiger charge is 2.32. The van der Waals surface area contributed by atoms with Crippen LogP contribution in [-0.2, 0) is 14.8 Å². The molecule has 0 bridgehead atoms. The van der Waals surface area contributed by atoms with E-state index in [9.17, 15) is 13.2 Å². The molecule has 6 heteroatoms. The van der Waals surface area contributed by atoms with Gasteiger partial charge in [0.05, 0.1) is 4.90 Å². The molecule has 2 rings (SSSR count). The number of carbonyl (C=O) groups excluding carboxylic acids is 1. The Labute approximate surface area is 126 Å². The molecule has 0 radical (unpaired) electrons. The summed E-state index contributed by atoms with van der Waals surface area (Å²) in [4.78, 5) is 12.0. The molecule has 1 heterocycles. The number of aryl methyl sites for hydroxylation is 2. The summed E-state index contributed by atoms with van der Waals surface area (Å²) in [6.45, 7) is 4.49. The molecule has 0 atom stereocenters. The minimum atomic E-state index is -3.47. The van der Waals surface area contributed by atoms with Crippen molar-refractivity contribution in [3.05, 3.63) is 29.3 Å². The largest absolute Gasteiger partial charge is 0.359 e. The Bertz CT molecular complexity index is 632. The normalized spacial score (nSPS) is 17.7. The van der Waals surface area contributed by atoms with Gasteiger partial charge in [-0.1, -0.05) is 12.1 Å². The van der Waals surface area contributed by atoms with Crippen molar-refractivity contribution in [2.24, 2.45) is 5.92 Å². The molecule has 1 aliphatic heterocycles. The lowest BCUT2D eigenvalue weighted by Crippen LogP contribution is -2.42. The Hall–Kier alpha value is -1.40. The average molecular weight is 310 g/mol. The fraction of sp³-hybridized carbons (Fsp3) is 0.533. The first-order valence-corrected chi connectivity index (χ1v) is 8.59.